The van der Waals surface area contributed by atoms with Crippen molar-refractivity contribution in [1.29, 1.82) is 0 Å². The van der Waals surface area contributed by atoms with Crippen LogP contribution in [-0.2, 0) is 11.3 Å². The van der Waals surface area contributed by atoms with Gasteiger partial charge in [-0.15, -0.1) is 0 Å². The van der Waals surface area contributed by atoms with Crippen LogP contribution >= 0.6 is 0 Å². The van der Waals surface area contributed by atoms with E-state index in [1.807, 2.05) is 36.4 Å². The Hall–Kier alpha value is -4.33. The molecule has 0 radical (unpaired) electrons. The largest absolute Gasteiger partial charge is 0.496 e. The lowest BCUT2D eigenvalue weighted by Crippen LogP contribution is -2.38. The summed E-state index contributed by atoms with van der Waals surface area (Å²) in [6.07, 6.45) is 3.84. The minimum Gasteiger partial charge on any atom is -0.496 e. The van der Waals surface area contributed by atoms with E-state index < -0.39 is 11.3 Å². The zero-order chi connectivity index (χ0) is 32.0. The highest BCUT2D eigenvalue weighted by Crippen LogP contribution is 2.47. The van der Waals surface area contributed by atoms with E-state index in [1.165, 1.54) is 4.90 Å². The van der Waals surface area contributed by atoms with Gasteiger partial charge in [0.05, 0.1) is 44.9 Å². The van der Waals surface area contributed by atoms with Crippen LogP contribution in [0.15, 0.2) is 60.7 Å². The molecule has 0 saturated heterocycles. The average molecular weight is 601 g/mol. The Morgan fingerprint density at radius 3 is 2.00 bits per heavy atom. The number of benzene rings is 3. The molecule has 234 valence electrons. The van der Waals surface area contributed by atoms with Gasteiger partial charge in [0.2, 0.25) is 5.91 Å². The standard InChI is InChI=1S/C36H44N2O6/c1-8-9-10-16-25(28-20-30(43-6)31(44-7)21-29(28)42-5)32(36(2,3)4)33(39)37-24-15-13-14-23(19-24)22-38-34(40)26-17-11-12-18-27(26)35(38)41/h11-15,17-21,25,32H,8-10,16,22H2,1-7H3,(H,37,39). The van der Waals surface area contributed by atoms with Gasteiger partial charge < -0.3 is 19.5 Å². The normalized spacial score (nSPS) is 14.2. The van der Waals surface area contributed by atoms with Crippen molar-refractivity contribution >= 4 is 23.4 Å². The lowest BCUT2D eigenvalue weighted by Gasteiger charge is -2.37. The topological polar surface area (TPSA) is 94.2 Å². The van der Waals surface area contributed by atoms with Crippen molar-refractivity contribution < 1.29 is 28.6 Å². The zero-order valence-electron chi connectivity index (χ0n) is 26.9. The van der Waals surface area contributed by atoms with Gasteiger partial charge in [0.1, 0.15) is 5.75 Å². The molecule has 4 rings (SSSR count). The number of anilines is 1. The zero-order valence-corrected chi connectivity index (χ0v) is 26.9. The number of carbonyl (C=O) groups excluding carboxylic acids is 3. The number of imide groups is 1. The quantitative estimate of drug-likeness (QED) is 0.162. The number of carbonyl (C=O) groups is 3. The molecule has 2 atom stereocenters. The van der Waals surface area contributed by atoms with Gasteiger partial charge in [0.15, 0.2) is 11.5 Å². The Balaban J connectivity index is 1.64. The van der Waals surface area contributed by atoms with E-state index in [0.29, 0.717) is 34.1 Å². The number of unbranched alkanes of at least 4 members (excludes halogenated alkanes) is 2. The van der Waals surface area contributed by atoms with Gasteiger partial charge in [0, 0.05) is 17.3 Å². The summed E-state index contributed by atoms with van der Waals surface area (Å²) in [4.78, 5) is 41.4. The van der Waals surface area contributed by atoms with Gasteiger partial charge in [-0.1, -0.05) is 71.2 Å². The van der Waals surface area contributed by atoms with E-state index in [-0.39, 0.29) is 30.2 Å². The summed E-state index contributed by atoms with van der Waals surface area (Å²) in [7, 11) is 4.81. The number of nitrogens with one attached hydrogen (secondary N) is 1. The monoisotopic (exact) mass is 600 g/mol. The third kappa shape index (κ3) is 6.90. The van der Waals surface area contributed by atoms with E-state index in [2.05, 4.69) is 33.0 Å². The molecule has 1 heterocycles. The van der Waals surface area contributed by atoms with Crippen molar-refractivity contribution in [2.75, 3.05) is 26.6 Å². The van der Waals surface area contributed by atoms with Crippen LogP contribution in [0.2, 0.25) is 0 Å². The second-order valence-electron chi connectivity index (χ2n) is 12.3. The molecule has 1 N–H and O–H groups in total. The molecular formula is C36H44N2O6. The smallest absolute Gasteiger partial charge is 0.261 e. The van der Waals surface area contributed by atoms with Crippen LogP contribution in [0, 0.1) is 11.3 Å². The molecule has 8 nitrogen and oxygen atoms in total. The molecule has 3 aromatic carbocycles. The van der Waals surface area contributed by atoms with Crippen molar-refractivity contribution in [2.24, 2.45) is 11.3 Å². The third-order valence-corrected chi connectivity index (χ3v) is 8.29. The maximum absolute atomic E-state index is 14.3. The molecule has 1 aliphatic rings. The summed E-state index contributed by atoms with van der Waals surface area (Å²) in [6, 6.07) is 17.9. The molecule has 0 aliphatic carbocycles. The fraction of sp³-hybridized carbons (Fsp3) is 0.417. The number of nitrogens with zero attached hydrogens (tertiary/aromatic N) is 1. The Morgan fingerprint density at radius 2 is 1.43 bits per heavy atom. The van der Waals surface area contributed by atoms with E-state index in [0.717, 1.165) is 36.8 Å². The second kappa shape index (κ2) is 14.0. The number of methoxy groups -OCH3 is 3. The van der Waals surface area contributed by atoms with Crippen LogP contribution in [0.1, 0.15) is 91.1 Å². The summed E-state index contributed by atoms with van der Waals surface area (Å²) in [6.45, 7) is 8.51. The fourth-order valence-electron chi connectivity index (χ4n) is 6.17. The van der Waals surface area contributed by atoms with E-state index in [1.54, 1.807) is 45.6 Å². The molecule has 0 bridgehead atoms. The lowest BCUT2D eigenvalue weighted by molar-refractivity contribution is -0.124. The average Bonchev–Trinajstić information content (AvgIpc) is 3.24. The van der Waals surface area contributed by atoms with Gasteiger partial charge in [0.25, 0.3) is 11.8 Å². The number of rotatable bonds is 13. The van der Waals surface area contributed by atoms with E-state index in [4.69, 9.17) is 14.2 Å². The minimum atomic E-state index is -0.425. The third-order valence-electron chi connectivity index (χ3n) is 8.29. The van der Waals surface area contributed by atoms with Crippen LogP contribution in [0.5, 0.6) is 17.2 Å². The molecule has 44 heavy (non-hydrogen) atoms. The van der Waals surface area contributed by atoms with Crippen LogP contribution in [-0.4, -0.2) is 44.0 Å². The first-order chi connectivity index (χ1) is 21.0. The van der Waals surface area contributed by atoms with Crippen LogP contribution < -0.4 is 19.5 Å². The first-order valence-corrected chi connectivity index (χ1v) is 15.2. The number of hydrogen-bond acceptors (Lipinski definition) is 6. The molecule has 0 spiro atoms. The van der Waals surface area contributed by atoms with Crippen LogP contribution in [0.25, 0.3) is 0 Å². The van der Waals surface area contributed by atoms with Crippen molar-refractivity contribution in [3.05, 3.63) is 82.9 Å². The number of amides is 3. The Labute approximate surface area is 260 Å². The summed E-state index contributed by atoms with van der Waals surface area (Å²) in [5.41, 5.74) is 2.66. The maximum atomic E-state index is 14.3. The number of ether oxygens (including phenoxy) is 3. The predicted molar refractivity (Wildman–Crippen MR) is 172 cm³/mol. The Kier molecular flexibility index (Phi) is 10.3. The molecule has 0 saturated carbocycles. The SMILES string of the molecule is CCCCCC(c1cc(OC)c(OC)cc1OC)C(C(=O)Nc1cccc(CN2C(=O)c3ccccc3C2=O)c1)C(C)(C)C. The van der Waals surface area contributed by atoms with E-state index >= 15 is 0 Å². The fourth-order valence-corrected chi connectivity index (χ4v) is 6.17. The highest BCUT2D eigenvalue weighted by Gasteiger charge is 2.40. The molecule has 0 fully saturated rings. The van der Waals surface area contributed by atoms with Crippen LogP contribution in [0.3, 0.4) is 0 Å². The van der Waals surface area contributed by atoms with Gasteiger partial charge in [-0.25, -0.2) is 0 Å². The van der Waals surface area contributed by atoms with Gasteiger partial charge >= 0.3 is 0 Å². The van der Waals surface area contributed by atoms with Crippen molar-refractivity contribution in [1.82, 2.24) is 4.90 Å². The molecule has 8 heteroatoms. The first kappa shape index (κ1) is 32.6. The summed E-state index contributed by atoms with van der Waals surface area (Å²) in [5.74, 6) is 0.454. The Bertz CT molecular complexity index is 1470. The first-order valence-electron chi connectivity index (χ1n) is 15.2. The highest BCUT2D eigenvalue weighted by atomic mass is 16.5. The number of hydrogen-bond donors (Lipinski definition) is 1. The molecule has 2 unspecified atom stereocenters. The van der Waals surface area contributed by atoms with Gasteiger partial charge in [-0.05, 0) is 53.6 Å². The lowest BCUT2D eigenvalue weighted by atomic mass is 9.68. The highest BCUT2D eigenvalue weighted by molar-refractivity contribution is 6.21. The number of fused-ring (bicyclic) bond motifs is 1. The predicted octanol–water partition coefficient (Wildman–Crippen LogP) is 7.47. The van der Waals surface area contributed by atoms with Crippen LogP contribution in [0.4, 0.5) is 5.69 Å². The molecular weight excluding hydrogens is 556 g/mol. The summed E-state index contributed by atoms with van der Waals surface area (Å²) < 4.78 is 17.0. The molecule has 1 aliphatic heterocycles. The maximum Gasteiger partial charge on any atom is 0.261 e. The van der Waals surface area contributed by atoms with Crippen molar-refractivity contribution in [2.45, 2.75) is 65.8 Å². The van der Waals surface area contributed by atoms with Crippen molar-refractivity contribution in [3.63, 3.8) is 0 Å². The second-order valence-corrected chi connectivity index (χ2v) is 12.3. The van der Waals surface area contributed by atoms with E-state index in [9.17, 15) is 14.4 Å². The van der Waals surface area contributed by atoms with Crippen molar-refractivity contribution in [3.8, 4) is 17.2 Å². The van der Waals surface area contributed by atoms with Gasteiger partial charge in [-0.2, -0.15) is 0 Å². The summed E-state index contributed by atoms with van der Waals surface area (Å²) in [5, 5.41) is 3.16. The van der Waals surface area contributed by atoms with Gasteiger partial charge in [-0.3, -0.25) is 19.3 Å². The molecule has 3 amide bonds. The Morgan fingerprint density at radius 1 is 0.818 bits per heavy atom. The molecule has 0 aromatic heterocycles. The summed E-state index contributed by atoms with van der Waals surface area (Å²) >= 11 is 0. The molecule has 3 aromatic rings. The minimum absolute atomic E-state index is 0.112.